The molecule has 0 radical (unpaired) electrons. The van der Waals surface area contributed by atoms with E-state index in [2.05, 4.69) is 20.4 Å². The topological polar surface area (TPSA) is 75.6 Å². The molecule has 0 bridgehead atoms. The van der Waals surface area contributed by atoms with Crippen molar-refractivity contribution in [1.82, 2.24) is 19.7 Å². The first-order chi connectivity index (χ1) is 13.2. The second kappa shape index (κ2) is 6.05. The predicted molar refractivity (Wildman–Crippen MR) is 101 cm³/mol. The van der Waals surface area contributed by atoms with E-state index >= 15 is 0 Å². The Balaban J connectivity index is 1.56. The van der Waals surface area contributed by atoms with Crippen molar-refractivity contribution in [2.24, 2.45) is 0 Å². The van der Waals surface area contributed by atoms with Crippen LogP contribution in [0.15, 0.2) is 59.5 Å². The molecule has 0 spiro atoms. The van der Waals surface area contributed by atoms with Crippen molar-refractivity contribution < 1.29 is 4.39 Å². The molecular formula is C20H16FN5O. The molecule has 1 unspecified atom stereocenters. The number of rotatable bonds is 3. The number of para-hydroxylation sites is 1. The minimum absolute atomic E-state index is 0.0932. The molecule has 6 nitrogen and oxygen atoms in total. The average Bonchev–Trinajstić information content (AvgIpc) is 3.27. The van der Waals surface area contributed by atoms with E-state index in [4.69, 9.17) is 0 Å². The molecule has 2 aromatic heterocycles. The standard InChI is InChI=1S/C20H16FN5O/c21-13-8-6-12-7-9-17(15(12)10-13)23-20-24-18-16(19(27)25-20)11-22-26(18)14-4-2-1-3-5-14/h1-6,8,10-11,17H,7,9H2,(H2,23,24,25,27). The van der Waals surface area contributed by atoms with Gasteiger partial charge in [0.2, 0.25) is 5.95 Å². The van der Waals surface area contributed by atoms with Gasteiger partial charge in [0.1, 0.15) is 11.2 Å². The molecule has 27 heavy (non-hydrogen) atoms. The third-order valence-corrected chi connectivity index (χ3v) is 4.94. The molecule has 0 aliphatic heterocycles. The number of aromatic amines is 1. The van der Waals surface area contributed by atoms with E-state index in [9.17, 15) is 9.18 Å². The van der Waals surface area contributed by atoms with E-state index in [0.29, 0.717) is 17.0 Å². The number of fused-ring (bicyclic) bond motifs is 2. The number of nitrogens with zero attached hydrogens (tertiary/aromatic N) is 3. The summed E-state index contributed by atoms with van der Waals surface area (Å²) < 4.78 is 15.3. The fourth-order valence-electron chi connectivity index (χ4n) is 3.63. The Hall–Kier alpha value is -3.48. The van der Waals surface area contributed by atoms with E-state index in [1.54, 1.807) is 10.7 Å². The molecule has 134 valence electrons. The van der Waals surface area contributed by atoms with Gasteiger partial charge in [-0.2, -0.15) is 10.1 Å². The minimum atomic E-state index is -0.262. The lowest BCUT2D eigenvalue weighted by Crippen LogP contribution is -2.16. The van der Waals surface area contributed by atoms with Crippen molar-refractivity contribution in [2.75, 3.05) is 5.32 Å². The number of hydrogen-bond donors (Lipinski definition) is 2. The zero-order valence-electron chi connectivity index (χ0n) is 14.3. The van der Waals surface area contributed by atoms with Crippen LogP contribution >= 0.6 is 0 Å². The summed E-state index contributed by atoms with van der Waals surface area (Å²) in [5.41, 5.74) is 3.07. The normalized spacial score (nSPS) is 15.8. The molecule has 1 aliphatic carbocycles. The number of halogens is 1. The molecule has 0 saturated carbocycles. The maximum absolute atomic E-state index is 13.6. The van der Waals surface area contributed by atoms with Crippen molar-refractivity contribution in [3.8, 4) is 5.69 Å². The van der Waals surface area contributed by atoms with E-state index < -0.39 is 0 Å². The molecule has 1 aliphatic rings. The fraction of sp³-hybridized carbons (Fsp3) is 0.150. The van der Waals surface area contributed by atoms with Gasteiger partial charge in [0.25, 0.3) is 5.56 Å². The minimum Gasteiger partial charge on any atom is -0.349 e. The maximum atomic E-state index is 13.6. The highest BCUT2D eigenvalue weighted by atomic mass is 19.1. The summed E-state index contributed by atoms with van der Waals surface area (Å²) >= 11 is 0. The molecule has 2 heterocycles. The van der Waals surface area contributed by atoms with Crippen molar-refractivity contribution >= 4 is 17.0 Å². The Morgan fingerprint density at radius 2 is 2.04 bits per heavy atom. The lowest BCUT2D eigenvalue weighted by Gasteiger charge is -2.14. The van der Waals surface area contributed by atoms with Crippen molar-refractivity contribution in [2.45, 2.75) is 18.9 Å². The van der Waals surface area contributed by atoms with Crippen LogP contribution in [-0.2, 0) is 6.42 Å². The van der Waals surface area contributed by atoms with Crippen LogP contribution in [0, 0.1) is 5.82 Å². The first-order valence-electron chi connectivity index (χ1n) is 8.77. The first kappa shape index (κ1) is 15.7. The summed E-state index contributed by atoms with van der Waals surface area (Å²) in [5.74, 6) is 0.0915. The number of nitrogens with one attached hydrogen (secondary N) is 2. The smallest absolute Gasteiger partial charge is 0.263 e. The molecule has 7 heteroatoms. The summed E-state index contributed by atoms with van der Waals surface area (Å²) in [5, 5.41) is 7.97. The Morgan fingerprint density at radius 1 is 1.19 bits per heavy atom. The Morgan fingerprint density at radius 3 is 2.89 bits per heavy atom. The van der Waals surface area contributed by atoms with Gasteiger partial charge in [0.05, 0.1) is 17.9 Å². The first-order valence-corrected chi connectivity index (χ1v) is 8.77. The third-order valence-electron chi connectivity index (χ3n) is 4.94. The van der Waals surface area contributed by atoms with E-state index in [-0.39, 0.29) is 17.4 Å². The summed E-state index contributed by atoms with van der Waals surface area (Å²) in [6, 6.07) is 14.3. The Kier molecular flexibility index (Phi) is 3.53. The Labute approximate surface area is 153 Å². The molecule has 1 atom stereocenters. The highest BCUT2D eigenvalue weighted by molar-refractivity contribution is 5.76. The van der Waals surface area contributed by atoms with Crippen LogP contribution in [0.2, 0.25) is 0 Å². The lowest BCUT2D eigenvalue weighted by atomic mass is 10.1. The van der Waals surface area contributed by atoms with Crippen molar-refractivity contribution in [3.05, 3.63) is 82.0 Å². The third kappa shape index (κ3) is 2.68. The van der Waals surface area contributed by atoms with Gasteiger partial charge in [-0.25, -0.2) is 9.07 Å². The molecule has 2 aromatic carbocycles. The molecule has 0 amide bonds. The van der Waals surface area contributed by atoms with Gasteiger partial charge >= 0.3 is 0 Å². The molecule has 5 rings (SSSR count). The van der Waals surface area contributed by atoms with Gasteiger partial charge < -0.3 is 5.32 Å². The lowest BCUT2D eigenvalue weighted by molar-refractivity contribution is 0.623. The van der Waals surface area contributed by atoms with Gasteiger partial charge in [-0.15, -0.1) is 0 Å². The van der Waals surface area contributed by atoms with Gasteiger partial charge in [-0.1, -0.05) is 24.3 Å². The Bertz CT molecular complexity index is 1200. The summed E-state index contributed by atoms with van der Waals surface area (Å²) in [4.78, 5) is 19.8. The van der Waals surface area contributed by atoms with E-state index in [1.807, 2.05) is 36.4 Å². The van der Waals surface area contributed by atoms with Crippen LogP contribution in [0.3, 0.4) is 0 Å². The quantitative estimate of drug-likeness (QED) is 0.587. The number of aryl methyl sites for hydroxylation is 1. The summed E-state index contributed by atoms with van der Waals surface area (Å²) in [6.45, 7) is 0. The molecular weight excluding hydrogens is 345 g/mol. The van der Waals surface area contributed by atoms with Crippen LogP contribution < -0.4 is 10.9 Å². The van der Waals surface area contributed by atoms with Gasteiger partial charge in [-0.3, -0.25) is 9.78 Å². The van der Waals surface area contributed by atoms with Crippen LogP contribution in [0.5, 0.6) is 0 Å². The van der Waals surface area contributed by atoms with E-state index in [0.717, 1.165) is 29.7 Å². The summed E-state index contributed by atoms with van der Waals surface area (Å²) in [6.07, 6.45) is 3.19. The maximum Gasteiger partial charge on any atom is 0.263 e. The largest absolute Gasteiger partial charge is 0.349 e. The van der Waals surface area contributed by atoms with Crippen molar-refractivity contribution in [1.29, 1.82) is 0 Å². The zero-order valence-corrected chi connectivity index (χ0v) is 14.3. The second-order valence-corrected chi connectivity index (χ2v) is 6.62. The number of aromatic nitrogens is 4. The molecule has 2 N–H and O–H groups in total. The summed E-state index contributed by atoms with van der Waals surface area (Å²) in [7, 11) is 0. The van der Waals surface area contributed by atoms with Gasteiger partial charge in [0.15, 0.2) is 5.65 Å². The highest BCUT2D eigenvalue weighted by Gasteiger charge is 2.24. The van der Waals surface area contributed by atoms with Gasteiger partial charge in [0, 0.05) is 0 Å². The fourth-order valence-corrected chi connectivity index (χ4v) is 3.63. The molecule has 0 fully saturated rings. The molecule has 4 aromatic rings. The van der Waals surface area contributed by atoms with Crippen LogP contribution in [-0.4, -0.2) is 19.7 Å². The van der Waals surface area contributed by atoms with Crippen LogP contribution in [0.25, 0.3) is 16.7 Å². The highest BCUT2D eigenvalue weighted by Crippen LogP contribution is 2.33. The van der Waals surface area contributed by atoms with E-state index in [1.165, 1.54) is 12.3 Å². The number of H-pyrrole nitrogens is 1. The van der Waals surface area contributed by atoms with Crippen LogP contribution in [0.4, 0.5) is 10.3 Å². The average molecular weight is 361 g/mol. The predicted octanol–water partition coefficient (Wildman–Crippen LogP) is 3.35. The van der Waals surface area contributed by atoms with Crippen molar-refractivity contribution in [3.63, 3.8) is 0 Å². The zero-order chi connectivity index (χ0) is 18.4. The number of anilines is 1. The number of hydrogen-bond acceptors (Lipinski definition) is 4. The monoisotopic (exact) mass is 361 g/mol. The number of benzene rings is 2. The van der Waals surface area contributed by atoms with Gasteiger partial charge in [-0.05, 0) is 48.2 Å². The SMILES string of the molecule is O=c1[nH]c(NC2CCc3ccc(F)cc32)nc2c1cnn2-c1ccccc1. The van der Waals surface area contributed by atoms with Crippen LogP contribution in [0.1, 0.15) is 23.6 Å². The second-order valence-electron chi connectivity index (χ2n) is 6.62. The molecule has 0 saturated heterocycles.